The molecule has 0 bridgehead atoms. The van der Waals surface area contributed by atoms with Gasteiger partial charge in [0, 0.05) is 24.7 Å². The van der Waals surface area contributed by atoms with E-state index in [1.807, 2.05) is 0 Å². The van der Waals surface area contributed by atoms with E-state index in [0.29, 0.717) is 6.04 Å². The fraction of sp³-hybridized carbons (Fsp3) is 1.00. The minimum Gasteiger partial charge on any atom is -0.330 e. The maximum absolute atomic E-state index is 5.95. The molecule has 0 radical (unpaired) electrons. The molecule has 3 heteroatoms. The lowest BCUT2D eigenvalue weighted by Crippen LogP contribution is -2.52. The Labute approximate surface area is 111 Å². The van der Waals surface area contributed by atoms with Crippen LogP contribution >= 0.6 is 0 Å². The van der Waals surface area contributed by atoms with Gasteiger partial charge in [-0.15, -0.1) is 0 Å². The lowest BCUT2D eigenvalue weighted by molar-refractivity contribution is 0.163. The summed E-state index contributed by atoms with van der Waals surface area (Å²) in [5.41, 5.74) is 5.95. The van der Waals surface area contributed by atoms with Gasteiger partial charge in [-0.1, -0.05) is 19.3 Å². The number of hydrogen-bond donors (Lipinski definition) is 2. The number of fused-ring (bicyclic) bond motifs is 1. The highest BCUT2D eigenvalue weighted by atomic mass is 15.2. The highest BCUT2D eigenvalue weighted by molar-refractivity contribution is 4.96. The van der Waals surface area contributed by atoms with E-state index in [-0.39, 0.29) is 0 Å². The summed E-state index contributed by atoms with van der Waals surface area (Å²) < 4.78 is 0. The summed E-state index contributed by atoms with van der Waals surface area (Å²) in [5, 5.41) is 4.00. The molecule has 1 saturated carbocycles. The van der Waals surface area contributed by atoms with E-state index >= 15 is 0 Å². The Morgan fingerprint density at radius 2 is 1.72 bits per heavy atom. The third kappa shape index (κ3) is 2.59. The monoisotopic (exact) mass is 251 g/mol. The summed E-state index contributed by atoms with van der Waals surface area (Å²) in [4.78, 5) is 2.72. The molecule has 1 aliphatic carbocycles. The van der Waals surface area contributed by atoms with Crippen molar-refractivity contribution in [3.63, 3.8) is 0 Å². The summed E-state index contributed by atoms with van der Waals surface area (Å²) in [5.74, 6) is 0.733. The molecule has 3 fully saturated rings. The fourth-order valence-electron chi connectivity index (χ4n) is 4.43. The molecule has 3 rings (SSSR count). The minimum absolute atomic E-state index is 0.704. The number of rotatable bonds is 3. The molecular formula is C15H29N3. The van der Waals surface area contributed by atoms with Crippen LogP contribution in [0.4, 0.5) is 0 Å². The van der Waals surface area contributed by atoms with Crippen molar-refractivity contribution in [1.29, 1.82) is 0 Å². The highest BCUT2D eigenvalue weighted by Gasteiger charge is 2.37. The van der Waals surface area contributed by atoms with Crippen LogP contribution in [0, 0.1) is 5.92 Å². The first-order valence-corrected chi connectivity index (χ1v) is 8.08. The zero-order chi connectivity index (χ0) is 12.4. The molecule has 3 nitrogen and oxygen atoms in total. The molecule has 4 unspecified atom stereocenters. The van der Waals surface area contributed by atoms with Gasteiger partial charge in [-0.25, -0.2) is 0 Å². The summed E-state index contributed by atoms with van der Waals surface area (Å²) >= 11 is 0. The number of nitrogens with zero attached hydrogens (tertiary/aromatic N) is 1. The van der Waals surface area contributed by atoms with Gasteiger partial charge in [0.25, 0.3) is 0 Å². The van der Waals surface area contributed by atoms with Crippen LogP contribution in [-0.2, 0) is 0 Å². The summed E-state index contributed by atoms with van der Waals surface area (Å²) in [6, 6.07) is 2.29. The zero-order valence-electron chi connectivity index (χ0n) is 11.6. The first-order chi connectivity index (χ1) is 8.88. The first-order valence-electron chi connectivity index (χ1n) is 8.08. The van der Waals surface area contributed by atoms with Crippen molar-refractivity contribution in [3.05, 3.63) is 0 Å². The third-order valence-electron chi connectivity index (χ3n) is 5.50. The van der Waals surface area contributed by atoms with E-state index in [4.69, 9.17) is 5.73 Å². The van der Waals surface area contributed by atoms with Gasteiger partial charge in [0.1, 0.15) is 0 Å². The maximum Gasteiger partial charge on any atom is 0.0249 e. The molecule has 0 aromatic heterocycles. The van der Waals surface area contributed by atoms with Crippen molar-refractivity contribution < 1.29 is 0 Å². The van der Waals surface area contributed by atoms with Crippen molar-refractivity contribution in [2.24, 2.45) is 11.7 Å². The molecule has 0 spiro atoms. The van der Waals surface area contributed by atoms with Gasteiger partial charge in [0.15, 0.2) is 0 Å². The minimum atomic E-state index is 0.704. The number of piperidine rings is 1. The average molecular weight is 251 g/mol. The van der Waals surface area contributed by atoms with Crippen LogP contribution in [0.2, 0.25) is 0 Å². The Morgan fingerprint density at radius 1 is 0.889 bits per heavy atom. The summed E-state index contributed by atoms with van der Waals surface area (Å²) in [6.45, 7) is 3.54. The van der Waals surface area contributed by atoms with Gasteiger partial charge < -0.3 is 11.1 Å². The van der Waals surface area contributed by atoms with Crippen molar-refractivity contribution in [2.75, 3.05) is 19.6 Å². The second-order valence-electron chi connectivity index (χ2n) is 6.55. The molecular weight excluding hydrogens is 222 g/mol. The topological polar surface area (TPSA) is 41.3 Å². The lowest BCUT2D eigenvalue weighted by Gasteiger charge is -2.38. The van der Waals surface area contributed by atoms with Gasteiger partial charge in [-0.2, -0.15) is 0 Å². The van der Waals surface area contributed by atoms with Crippen molar-refractivity contribution in [1.82, 2.24) is 10.2 Å². The smallest absolute Gasteiger partial charge is 0.0249 e. The Bertz CT molecular complexity index is 268. The first kappa shape index (κ1) is 12.9. The molecule has 0 aromatic carbocycles. The Morgan fingerprint density at radius 3 is 2.61 bits per heavy atom. The van der Waals surface area contributed by atoms with Gasteiger partial charge >= 0.3 is 0 Å². The second kappa shape index (κ2) is 5.89. The quantitative estimate of drug-likeness (QED) is 0.802. The molecule has 3 aliphatic rings. The fourth-order valence-corrected chi connectivity index (χ4v) is 4.43. The Kier molecular flexibility index (Phi) is 4.22. The third-order valence-corrected chi connectivity index (χ3v) is 5.50. The second-order valence-corrected chi connectivity index (χ2v) is 6.55. The molecule has 18 heavy (non-hydrogen) atoms. The van der Waals surface area contributed by atoms with Crippen LogP contribution in [0.15, 0.2) is 0 Å². The largest absolute Gasteiger partial charge is 0.330 e. The molecule has 2 heterocycles. The highest BCUT2D eigenvalue weighted by Crippen LogP contribution is 2.30. The number of nitrogens with two attached hydrogens (primary N) is 1. The van der Waals surface area contributed by atoms with Crippen LogP contribution in [0.3, 0.4) is 0 Å². The SMILES string of the molecule is NCC1CCCCC1NC1CCN2CCCCC12. The van der Waals surface area contributed by atoms with Gasteiger partial charge in [-0.05, 0) is 51.1 Å². The van der Waals surface area contributed by atoms with Gasteiger partial charge in [0.2, 0.25) is 0 Å². The van der Waals surface area contributed by atoms with E-state index in [1.54, 1.807) is 0 Å². The Balaban J connectivity index is 1.58. The Hall–Kier alpha value is -0.120. The van der Waals surface area contributed by atoms with E-state index < -0.39 is 0 Å². The van der Waals surface area contributed by atoms with E-state index in [0.717, 1.165) is 24.5 Å². The van der Waals surface area contributed by atoms with E-state index in [2.05, 4.69) is 10.2 Å². The number of nitrogens with one attached hydrogen (secondary N) is 1. The van der Waals surface area contributed by atoms with E-state index in [1.165, 1.54) is 64.5 Å². The molecule has 4 atom stereocenters. The normalized spacial score (nSPS) is 41.8. The predicted molar refractivity (Wildman–Crippen MR) is 75.6 cm³/mol. The molecule has 104 valence electrons. The molecule has 2 aliphatic heterocycles. The van der Waals surface area contributed by atoms with Crippen molar-refractivity contribution >= 4 is 0 Å². The van der Waals surface area contributed by atoms with Crippen molar-refractivity contribution in [3.8, 4) is 0 Å². The van der Waals surface area contributed by atoms with Crippen LogP contribution in [0.25, 0.3) is 0 Å². The van der Waals surface area contributed by atoms with E-state index in [9.17, 15) is 0 Å². The van der Waals surface area contributed by atoms with Gasteiger partial charge in [-0.3, -0.25) is 4.90 Å². The summed E-state index contributed by atoms with van der Waals surface area (Å²) in [7, 11) is 0. The van der Waals surface area contributed by atoms with Crippen LogP contribution < -0.4 is 11.1 Å². The van der Waals surface area contributed by atoms with Gasteiger partial charge in [0.05, 0.1) is 0 Å². The van der Waals surface area contributed by atoms with Crippen molar-refractivity contribution in [2.45, 2.75) is 69.5 Å². The van der Waals surface area contributed by atoms with Crippen LogP contribution in [0.1, 0.15) is 51.4 Å². The van der Waals surface area contributed by atoms with Crippen LogP contribution in [0.5, 0.6) is 0 Å². The summed E-state index contributed by atoms with van der Waals surface area (Å²) in [6.07, 6.45) is 11.1. The average Bonchev–Trinajstić information content (AvgIpc) is 2.83. The zero-order valence-corrected chi connectivity index (χ0v) is 11.6. The lowest BCUT2D eigenvalue weighted by atomic mass is 9.83. The molecule has 0 aromatic rings. The molecule has 0 amide bonds. The molecule has 2 saturated heterocycles. The van der Waals surface area contributed by atoms with Crippen LogP contribution in [-0.4, -0.2) is 42.7 Å². The molecule has 3 N–H and O–H groups in total. The maximum atomic E-state index is 5.95. The predicted octanol–water partition coefficient (Wildman–Crippen LogP) is 1.72. The standard InChI is InChI=1S/C15H29N3/c16-11-12-5-1-2-6-13(12)17-14-8-10-18-9-4-3-7-15(14)18/h12-15,17H,1-11,16H2. The number of hydrogen-bond acceptors (Lipinski definition) is 3.